The second-order valence-corrected chi connectivity index (χ2v) is 14.3. The van der Waals surface area contributed by atoms with Crippen molar-refractivity contribution in [2.45, 2.75) is 98.4 Å². The molecule has 2 fully saturated rings. The minimum Gasteiger partial charge on any atom is -0.479 e. The number of fused-ring (bicyclic) bond motifs is 3. The third-order valence-corrected chi connectivity index (χ3v) is 11.4. The number of ether oxygens (including phenoxy) is 2. The van der Waals surface area contributed by atoms with Crippen LogP contribution in [0.25, 0.3) is 0 Å². The SMILES string of the molecule is CC(=O)CC[C@]12CC[C@@H](C)[C@](C)(C1)[C@H](OC(=O)COc1ccc3c(c1F)B(O)OC3)C[C@@](C)(Cc1ccccc1)[C@@H](O)[C@@H]2C. The van der Waals surface area contributed by atoms with E-state index in [1.165, 1.54) is 6.07 Å². The first-order valence-electron chi connectivity index (χ1n) is 15.9. The van der Waals surface area contributed by atoms with Gasteiger partial charge in [0.1, 0.15) is 11.9 Å². The first kappa shape index (κ1) is 32.6. The van der Waals surface area contributed by atoms with Crippen LogP contribution in [-0.4, -0.2) is 47.8 Å². The average Bonchev–Trinajstić information content (AvgIpc) is 3.37. The van der Waals surface area contributed by atoms with Crippen LogP contribution >= 0.6 is 0 Å². The maximum absolute atomic E-state index is 15.1. The van der Waals surface area contributed by atoms with E-state index in [-0.39, 0.29) is 40.9 Å². The summed E-state index contributed by atoms with van der Waals surface area (Å²) in [7, 11) is -1.37. The number of Topliss-reactive ketones (excluding diaryl/α,β-unsaturated/α-hetero) is 1. The minimum absolute atomic E-state index is 0.0288. The maximum Gasteiger partial charge on any atom is 0.494 e. The second-order valence-electron chi connectivity index (χ2n) is 14.3. The van der Waals surface area contributed by atoms with Crippen LogP contribution in [0.15, 0.2) is 42.5 Å². The predicted molar refractivity (Wildman–Crippen MR) is 166 cm³/mol. The van der Waals surface area contributed by atoms with Crippen molar-refractivity contribution in [2.75, 3.05) is 6.61 Å². The summed E-state index contributed by atoms with van der Waals surface area (Å²) < 4.78 is 32.1. The molecule has 2 bridgehead atoms. The molecule has 5 rings (SSSR count). The van der Waals surface area contributed by atoms with E-state index < -0.39 is 48.5 Å². The number of hydrogen-bond donors (Lipinski definition) is 2. The molecule has 7 nitrogen and oxygen atoms in total. The lowest BCUT2D eigenvalue weighted by atomic mass is 9.46. The predicted octanol–water partition coefficient (Wildman–Crippen LogP) is 5.17. The van der Waals surface area contributed by atoms with Crippen LogP contribution < -0.4 is 10.2 Å². The topological polar surface area (TPSA) is 102 Å². The zero-order chi connectivity index (χ0) is 31.9. The average molecular weight is 609 g/mol. The van der Waals surface area contributed by atoms with Crippen molar-refractivity contribution in [3.63, 3.8) is 0 Å². The molecule has 0 radical (unpaired) electrons. The summed E-state index contributed by atoms with van der Waals surface area (Å²) in [5.41, 5.74) is 0.322. The van der Waals surface area contributed by atoms with Crippen LogP contribution in [0.5, 0.6) is 5.75 Å². The summed E-state index contributed by atoms with van der Waals surface area (Å²) >= 11 is 0. The molecule has 0 spiro atoms. The van der Waals surface area contributed by atoms with Gasteiger partial charge in [0, 0.05) is 22.7 Å². The molecule has 1 aliphatic heterocycles. The van der Waals surface area contributed by atoms with Crippen LogP contribution in [0.2, 0.25) is 0 Å². The lowest BCUT2D eigenvalue weighted by molar-refractivity contribution is -0.195. The Morgan fingerprint density at radius 1 is 1.14 bits per heavy atom. The third kappa shape index (κ3) is 6.20. The summed E-state index contributed by atoms with van der Waals surface area (Å²) in [5.74, 6) is -1.22. The summed E-state index contributed by atoms with van der Waals surface area (Å²) in [6.45, 7) is 9.83. The van der Waals surface area contributed by atoms with E-state index in [9.17, 15) is 19.7 Å². The molecule has 2 N–H and O–H groups in total. The highest BCUT2D eigenvalue weighted by atomic mass is 19.1. The van der Waals surface area contributed by atoms with Gasteiger partial charge in [0.05, 0.1) is 12.7 Å². The van der Waals surface area contributed by atoms with Gasteiger partial charge < -0.3 is 29.1 Å². The highest BCUT2D eigenvalue weighted by molar-refractivity contribution is 6.61. The highest BCUT2D eigenvalue weighted by Crippen LogP contribution is 2.62. The quantitative estimate of drug-likeness (QED) is 0.299. The number of carbonyl (C=O) groups is 2. The molecule has 238 valence electrons. The van der Waals surface area contributed by atoms with Crippen molar-refractivity contribution in [3.8, 4) is 5.75 Å². The number of carbonyl (C=O) groups excluding carboxylic acids is 2. The Bertz CT molecular complexity index is 1370. The molecule has 2 aromatic carbocycles. The number of ketones is 1. The molecule has 0 saturated heterocycles. The molecule has 2 aromatic rings. The molecule has 7 atom stereocenters. The Balaban J connectivity index is 1.45. The van der Waals surface area contributed by atoms with Gasteiger partial charge in [-0.2, -0.15) is 0 Å². The van der Waals surface area contributed by atoms with Gasteiger partial charge in [-0.1, -0.05) is 64.1 Å². The van der Waals surface area contributed by atoms with Crippen molar-refractivity contribution in [3.05, 3.63) is 59.4 Å². The van der Waals surface area contributed by atoms with Gasteiger partial charge in [0.2, 0.25) is 0 Å². The fourth-order valence-corrected chi connectivity index (χ4v) is 8.37. The Kier molecular flexibility index (Phi) is 9.32. The number of aliphatic hydroxyl groups is 1. The van der Waals surface area contributed by atoms with Crippen LogP contribution in [0, 0.1) is 33.9 Å². The zero-order valence-electron chi connectivity index (χ0n) is 26.6. The molecule has 9 heteroatoms. The van der Waals surface area contributed by atoms with Gasteiger partial charge in [-0.15, -0.1) is 0 Å². The van der Waals surface area contributed by atoms with Gasteiger partial charge in [-0.25, -0.2) is 9.18 Å². The molecule has 0 aromatic heterocycles. The third-order valence-electron chi connectivity index (χ3n) is 11.4. The van der Waals surface area contributed by atoms with Gasteiger partial charge in [-0.05, 0) is 79.9 Å². The molecule has 0 amide bonds. The summed E-state index contributed by atoms with van der Waals surface area (Å²) in [4.78, 5) is 25.7. The minimum atomic E-state index is -1.37. The molecule has 3 aliphatic rings. The van der Waals surface area contributed by atoms with Gasteiger partial charge in [-0.3, -0.25) is 0 Å². The van der Waals surface area contributed by atoms with Gasteiger partial charge in [0.15, 0.2) is 18.2 Å². The van der Waals surface area contributed by atoms with Crippen LogP contribution in [-0.2, 0) is 32.0 Å². The normalized spacial score (nSPS) is 33.2. The van der Waals surface area contributed by atoms with Crippen molar-refractivity contribution >= 4 is 24.3 Å². The Morgan fingerprint density at radius 2 is 1.86 bits per heavy atom. The molecular weight excluding hydrogens is 562 g/mol. The summed E-state index contributed by atoms with van der Waals surface area (Å²) in [6, 6.07) is 13.1. The molecule has 2 aliphatic carbocycles. The first-order chi connectivity index (χ1) is 20.8. The number of benzene rings is 2. The van der Waals surface area contributed by atoms with Crippen molar-refractivity contribution < 1.29 is 38.2 Å². The lowest BCUT2D eigenvalue weighted by Crippen LogP contribution is -2.59. The van der Waals surface area contributed by atoms with Crippen LogP contribution in [0.3, 0.4) is 0 Å². The van der Waals surface area contributed by atoms with E-state index in [0.29, 0.717) is 31.2 Å². The number of aliphatic hydroxyl groups excluding tert-OH is 1. The Hall–Kier alpha value is -2.75. The van der Waals surface area contributed by atoms with E-state index in [4.69, 9.17) is 14.1 Å². The molecule has 0 unspecified atom stereocenters. The van der Waals surface area contributed by atoms with Crippen LogP contribution in [0.4, 0.5) is 4.39 Å². The molecule has 44 heavy (non-hydrogen) atoms. The van der Waals surface area contributed by atoms with E-state index in [2.05, 4.69) is 39.8 Å². The number of rotatable bonds is 9. The largest absolute Gasteiger partial charge is 0.494 e. The zero-order valence-corrected chi connectivity index (χ0v) is 26.6. The van der Waals surface area contributed by atoms with Crippen molar-refractivity contribution in [1.29, 1.82) is 0 Å². The van der Waals surface area contributed by atoms with E-state index in [1.807, 2.05) is 18.2 Å². The monoisotopic (exact) mass is 608 g/mol. The fourth-order valence-electron chi connectivity index (χ4n) is 8.37. The summed E-state index contributed by atoms with van der Waals surface area (Å²) in [5, 5.41) is 22.2. The molecule has 1 heterocycles. The van der Waals surface area contributed by atoms with E-state index in [0.717, 1.165) is 24.8 Å². The van der Waals surface area contributed by atoms with Gasteiger partial charge in [0.25, 0.3) is 0 Å². The van der Waals surface area contributed by atoms with Crippen LogP contribution in [0.1, 0.15) is 84.3 Å². The molecular formula is C35H46BFO7. The summed E-state index contributed by atoms with van der Waals surface area (Å²) in [6.07, 6.45) is 3.46. The number of halogens is 1. The smallest absolute Gasteiger partial charge is 0.479 e. The standard InChI is InChI=1S/C35H46BFO7/c1-22-13-15-35(16-14-23(2)38)21-34(22,5)28(18-33(4,32(40)24(35)3)17-25-9-7-6-8-10-25)44-29(39)20-42-27-12-11-26-19-43-36(41)30(26)31(27)37/h6-12,22,24,28,32,40-41H,13-21H2,1-5H3/t22-,24+,28-,32+,33-,34+,35-/m1/s1. The second kappa shape index (κ2) is 12.6. The lowest BCUT2D eigenvalue weighted by Gasteiger charge is -2.60. The number of esters is 1. The van der Waals surface area contributed by atoms with Crippen molar-refractivity contribution in [1.82, 2.24) is 0 Å². The van der Waals surface area contributed by atoms with Gasteiger partial charge >= 0.3 is 13.1 Å². The van der Waals surface area contributed by atoms with E-state index >= 15 is 4.39 Å². The maximum atomic E-state index is 15.1. The first-order valence-corrected chi connectivity index (χ1v) is 15.9. The fraction of sp³-hybridized carbons (Fsp3) is 0.600. The van der Waals surface area contributed by atoms with Crippen molar-refractivity contribution in [2.24, 2.45) is 28.1 Å². The highest BCUT2D eigenvalue weighted by Gasteiger charge is 2.59. The Morgan fingerprint density at radius 3 is 2.57 bits per heavy atom. The Labute approximate surface area is 260 Å². The van der Waals surface area contributed by atoms with E-state index in [1.54, 1.807) is 13.0 Å². The molecule has 2 saturated carbocycles. The number of hydrogen-bond acceptors (Lipinski definition) is 7.